The van der Waals surface area contributed by atoms with E-state index in [0.29, 0.717) is 22.6 Å². The van der Waals surface area contributed by atoms with Crippen LogP contribution in [0, 0.1) is 0 Å². The molecule has 0 aliphatic heterocycles. The van der Waals surface area contributed by atoms with E-state index in [4.69, 9.17) is 14.6 Å². The maximum absolute atomic E-state index is 11.1. The summed E-state index contributed by atoms with van der Waals surface area (Å²) in [5, 5.41) is 9.09. The fourth-order valence-corrected chi connectivity index (χ4v) is 2.15. The van der Waals surface area contributed by atoms with E-state index in [-0.39, 0.29) is 0 Å². The smallest absolute Gasteiger partial charge is 0.347 e. The summed E-state index contributed by atoms with van der Waals surface area (Å²) in [6, 6.07) is 15.0. The molecule has 2 aromatic carbocycles. The highest BCUT2D eigenvalue weighted by Gasteiger charge is 2.30. The van der Waals surface area contributed by atoms with Crippen molar-refractivity contribution in [2.45, 2.75) is 26.1 Å². The Labute approximate surface area is 137 Å². The zero-order valence-corrected chi connectivity index (χ0v) is 14.0. The van der Waals surface area contributed by atoms with Gasteiger partial charge in [0.2, 0.25) is 0 Å². The third kappa shape index (κ3) is 4.24. The lowest BCUT2D eigenvalue weighted by Crippen LogP contribution is -2.37. The van der Waals surface area contributed by atoms with Crippen LogP contribution in [0.5, 0.6) is 11.5 Å². The van der Waals surface area contributed by atoms with Crippen molar-refractivity contribution in [2.75, 3.05) is 0 Å². The first-order chi connectivity index (χ1) is 10.4. The Morgan fingerprint density at radius 2 is 1.86 bits per heavy atom. The Kier molecular flexibility index (Phi) is 5.08. The van der Waals surface area contributed by atoms with E-state index < -0.39 is 11.6 Å². The molecule has 5 heteroatoms. The van der Waals surface area contributed by atoms with Crippen LogP contribution in [0.4, 0.5) is 0 Å². The van der Waals surface area contributed by atoms with Crippen molar-refractivity contribution in [2.24, 2.45) is 0 Å². The summed E-state index contributed by atoms with van der Waals surface area (Å²) in [5.41, 5.74) is -0.222. The maximum atomic E-state index is 11.1. The molecule has 4 nitrogen and oxygen atoms in total. The van der Waals surface area contributed by atoms with Crippen molar-refractivity contribution in [3.63, 3.8) is 0 Å². The number of benzene rings is 2. The summed E-state index contributed by atoms with van der Waals surface area (Å²) in [7, 11) is 0. The molecule has 2 aromatic rings. The normalized spacial score (nSPS) is 11.0. The van der Waals surface area contributed by atoms with E-state index in [1.165, 1.54) is 13.8 Å². The number of halogens is 1. The van der Waals surface area contributed by atoms with Gasteiger partial charge in [0.1, 0.15) is 18.1 Å². The topological polar surface area (TPSA) is 55.8 Å². The van der Waals surface area contributed by atoms with Crippen LogP contribution < -0.4 is 9.47 Å². The summed E-state index contributed by atoms with van der Waals surface area (Å²) in [6.07, 6.45) is 0. The molecule has 22 heavy (non-hydrogen) atoms. The Hall–Kier alpha value is -2.01. The molecule has 0 aliphatic rings. The van der Waals surface area contributed by atoms with E-state index in [1.54, 1.807) is 18.2 Å². The third-order valence-electron chi connectivity index (χ3n) is 3.03. The van der Waals surface area contributed by atoms with Gasteiger partial charge in [0.15, 0.2) is 5.60 Å². The predicted molar refractivity (Wildman–Crippen MR) is 87.3 cm³/mol. The molecule has 0 saturated carbocycles. The van der Waals surface area contributed by atoms with Gasteiger partial charge in [0.25, 0.3) is 0 Å². The van der Waals surface area contributed by atoms with Crippen molar-refractivity contribution in [1.82, 2.24) is 0 Å². The fraction of sp³-hybridized carbons (Fsp3) is 0.235. The maximum Gasteiger partial charge on any atom is 0.347 e. The van der Waals surface area contributed by atoms with Crippen LogP contribution in [-0.4, -0.2) is 16.7 Å². The molecular weight excluding hydrogens is 348 g/mol. The van der Waals surface area contributed by atoms with E-state index in [2.05, 4.69) is 15.9 Å². The molecule has 0 bridgehead atoms. The van der Waals surface area contributed by atoms with Gasteiger partial charge in [0, 0.05) is 0 Å². The largest absolute Gasteiger partial charge is 0.489 e. The summed E-state index contributed by atoms with van der Waals surface area (Å²) in [6.45, 7) is 3.47. The van der Waals surface area contributed by atoms with Gasteiger partial charge >= 0.3 is 5.97 Å². The second-order valence-corrected chi connectivity index (χ2v) is 6.14. The molecule has 0 saturated heterocycles. The standard InChI is InChI=1S/C17H17BrO4/c1-17(2,16(19)20)22-15-9-8-13(10-14(15)18)21-11-12-6-4-3-5-7-12/h3-10H,11H2,1-2H3,(H,19,20). The molecule has 0 aromatic heterocycles. The molecule has 0 spiro atoms. The highest BCUT2D eigenvalue weighted by atomic mass is 79.9. The number of carboxylic acids is 1. The van der Waals surface area contributed by atoms with Crippen LogP contribution in [0.2, 0.25) is 0 Å². The molecule has 0 radical (unpaired) electrons. The number of carboxylic acid groups (broad SMARTS) is 1. The molecule has 1 N–H and O–H groups in total. The van der Waals surface area contributed by atoms with Crippen LogP contribution in [0.3, 0.4) is 0 Å². The van der Waals surface area contributed by atoms with Gasteiger partial charge in [-0.2, -0.15) is 0 Å². The Morgan fingerprint density at radius 3 is 2.45 bits per heavy atom. The van der Waals surface area contributed by atoms with Crippen molar-refractivity contribution in [1.29, 1.82) is 0 Å². The summed E-state index contributed by atoms with van der Waals surface area (Å²) < 4.78 is 11.9. The minimum atomic E-state index is -1.30. The SMILES string of the molecule is CC(C)(Oc1ccc(OCc2ccccc2)cc1Br)C(=O)O. The molecular formula is C17H17BrO4. The second kappa shape index (κ2) is 6.83. The number of hydrogen-bond donors (Lipinski definition) is 1. The van der Waals surface area contributed by atoms with Gasteiger partial charge in [-0.1, -0.05) is 30.3 Å². The number of aliphatic carboxylic acids is 1. The van der Waals surface area contributed by atoms with Crippen LogP contribution in [-0.2, 0) is 11.4 Å². The van der Waals surface area contributed by atoms with Crippen LogP contribution in [0.1, 0.15) is 19.4 Å². The van der Waals surface area contributed by atoms with Gasteiger partial charge in [0.05, 0.1) is 4.47 Å². The van der Waals surface area contributed by atoms with E-state index in [0.717, 1.165) is 5.56 Å². The van der Waals surface area contributed by atoms with E-state index in [9.17, 15) is 4.79 Å². The zero-order valence-electron chi connectivity index (χ0n) is 12.4. The molecule has 0 aliphatic carbocycles. The highest BCUT2D eigenvalue weighted by molar-refractivity contribution is 9.10. The number of ether oxygens (including phenoxy) is 2. The first kappa shape index (κ1) is 16.4. The average Bonchev–Trinajstić information content (AvgIpc) is 2.48. The van der Waals surface area contributed by atoms with Crippen molar-refractivity contribution in [3.8, 4) is 11.5 Å². The lowest BCUT2D eigenvalue weighted by molar-refractivity contribution is -0.152. The average molecular weight is 365 g/mol. The van der Waals surface area contributed by atoms with Gasteiger partial charge in [-0.05, 0) is 53.5 Å². The van der Waals surface area contributed by atoms with Gasteiger partial charge in [-0.3, -0.25) is 0 Å². The summed E-state index contributed by atoms with van der Waals surface area (Å²) in [4.78, 5) is 11.1. The first-order valence-electron chi connectivity index (χ1n) is 6.77. The molecule has 2 rings (SSSR count). The quantitative estimate of drug-likeness (QED) is 0.831. The number of hydrogen-bond acceptors (Lipinski definition) is 3. The lowest BCUT2D eigenvalue weighted by atomic mass is 10.1. The van der Waals surface area contributed by atoms with Crippen molar-refractivity contribution in [3.05, 3.63) is 58.6 Å². The third-order valence-corrected chi connectivity index (χ3v) is 3.65. The first-order valence-corrected chi connectivity index (χ1v) is 7.56. The minimum Gasteiger partial charge on any atom is -0.489 e. The molecule has 0 amide bonds. The zero-order chi connectivity index (χ0) is 16.2. The second-order valence-electron chi connectivity index (χ2n) is 5.28. The predicted octanol–water partition coefficient (Wildman–Crippen LogP) is 4.27. The van der Waals surface area contributed by atoms with Crippen LogP contribution in [0.15, 0.2) is 53.0 Å². The molecule has 0 fully saturated rings. The summed E-state index contributed by atoms with van der Waals surface area (Å²) >= 11 is 3.38. The Morgan fingerprint density at radius 1 is 1.18 bits per heavy atom. The Balaban J connectivity index is 2.05. The van der Waals surface area contributed by atoms with Gasteiger partial charge in [-0.15, -0.1) is 0 Å². The van der Waals surface area contributed by atoms with Gasteiger partial charge < -0.3 is 14.6 Å². The lowest BCUT2D eigenvalue weighted by Gasteiger charge is -2.22. The molecule has 0 atom stereocenters. The Bertz CT molecular complexity index is 653. The van der Waals surface area contributed by atoms with Crippen LogP contribution >= 0.6 is 15.9 Å². The number of carbonyl (C=O) groups is 1. The molecule has 116 valence electrons. The molecule has 0 unspecified atom stereocenters. The van der Waals surface area contributed by atoms with E-state index >= 15 is 0 Å². The van der Waals surface area contributed by atoms with Gasteiger partial charge in [-0.25, -0.2) is 4.79 Å². The van der Waals surface area contributed by atoms with Crippen molar-refractivity contribution < 1.29 is 19.4 Å². The van der Waals surface area contributed by atoms with Crippen LogP contribution in [0.25, 0.3) is 0 Å². The van der Waals surface area contributed by atoms with E-state index in [1.807, 2.05) is 30.3 Å². The highest BCUT2D eigenvalue weighted by Crippen LogP contribution is 2.32. The monoisotopic (exact) mass is 364 g/mol. The van der Waals surface area contributed by atoms with Crippen molar-refractivity contribution >= 4 is 21.9 Å². The molecule has 0 heterocycles. The summed E-state index contributed by atoms with van der Waals surface area (Å²) in [5.74, 6) is 0.111. The fourth-order valence-electron chi connectivity index (χ4n) is 1.71. The minimum absolute atomic E-state index is 0.458. The number of rotatable bonds is 6.